The molecule has 0 aliphatic rings. The molecule has 2 aromatic carbocycles. The zero-order valence-corrected chi connectivity index (χ0v) is 22.7. The van der Waals surface area contributed by atoms with Crippen LogP contribution in [0.4, 0.5) is 5.69 Å². The Morgan fingerprint density at radius 2 is 1.74 bits per heavy atom. The maximum Gasteiger partial charge on any atom is 0.242 e. The van der Waals surface area contributed by atoms with Gasteiger partial charge >= 0.3 is 0 Å². The Balaban J connectivity index is 2.23. The Hall–Kier alpha value is -2.58. The maximum absolute atomic E-state index is 13.4. The minimum Gasteiger partial charge on any atom is -0.355 e. The molecule has 2 amide bonds. The lowest BCUT2D eigenvalue weighted by Crippen LogP contribution is -2.49. The van der Waals surface area contributed by atoms with Gasteiger partial charge in [0.15, 0.2) is 0 Å². The molecule has 192 valence electrons. The number of nitrogens with zero attached hydrogens (tertiary/aromatic N) is 2. The van der Waals surface area contributed by atoms with Gasteiger partial charge in [0.05, 0.1) is 11.9 Å². The van der Waals surface area contributed by atoms with Gasteiger partial charge in [-0.05, 0) is 68.5 Å². The highest BCUT2D eigenvalue weighted by atomic mass is 35.5. The quantitative estimate of drug-likeness (QED) is 0.447. The first-order valence-corrected chi connectivity index (χ1v) is 14.1. The normalized spacial score (nSPS) is 12.2. The Labute approximate surface area is 214 Å². The third-order valence-electron chi connectivity index (χ3n) is 5.97. The summed E-state index contributed by atoms with van der Waals surface area (Å²) in [6.07, 6.45) is 2.01. The molecule has 0 spiro atoms. The van der Waals surface area contributed by atoms with Gasteiger partial charge in [-0.1, -0.05) is 42.8 Å². The molecule has 0 heterocycles. The van der Waals surface area contributed by atoms with E-state index in [0.717, 1.165) is 22.9 Å². The van der Waals surface area contributed by atoms with Crippen LogP contribution in [0, 0.1) is 13.8 Å². The fourth-order valence-corrected chi connectivity index (χ4v) is 5.06. The number of hydrogen-bond donors (Lipinski definition) is 1. The highest BCUT2D eigenvalue weighted by Crippen LogP contribution is 2.23. The highest BCUT2D eigenvalue weighted by molar-refractivity contribution is 7.92. The molecular formula is C26H36ClN3O4S. The second-order valence-corrected chi connectivity index (χ2v) is 11.0. The number of carbonyl (C=O) groups is 2. The number of aryl methyl sites for hydroxylation is 2. The molecule has 35 heavy (non-hydrogen) atoms. The summed E-state index contributed by atoms with van der Waals surface area (Å²) in [6.45, 7) is 8.40. The third kappa shape index (κ3) is 7.97. The summed E-state index contributed by atoms with van der Waals surface area (Å²) in [4.78, 5) is 27.6. The predicted molar refractivity (Wildman–Crippen MR) is 142 cm³/mol. The van der Waals surface area contributed by atoms with Crippen molar-refractivity contribution in [1.82, 2.24) is 10.2 Å². The van der Waals surface area contributed by atoms with Gasteiger partial charge < -0.3 is 10.2 Å². The molecule has 1 unspecified atom stereocenters. The number of nitrogens with one attached hydrogen (secondary N) is 1. The molecule has 0 fully saturated rings. The van der Waals surface area contributed by atoms with E-state index in [-0.39, 0.29) is 31.3 Å². The first kappa shape index (κ1) is 28.7. The van der Waals surface area contributed by atoms with Crippen LogP contribution in [0.25, 0.3) is 0 Å². The van der Waals surface area contributed by atoms with Gasteiger partial charge in [-0.25, -0.2) is 8.42 Å². The van der Waals surface area contributed by atoms with Crippen LogP contribution in [0.15, 0.2) is 42.5 Å². The second kappa shape index (κ2) is 12.9. The minimum absolute atomic E-state index is 0.0945. The average Bonchev–Trinajstić information content (AvgIpc) is 2.79. The number of rotatable bonds is 12. The van der Waals surface area contributed by atoms with Crippen molar-refractivity contribution in [3.63, 3.8) is 0 Å². The Kier molecular flexibility index (Phi) is 10.6. The summed E-state index contributed by atoms with van der Waals surface area (Å²) in [5.41, 5.74) is 3.39. The molecule has 1 N–H and O–H groups in total. The van der Waals surface area contributed by atoms with E-state index in [0.29, 0.717) is 30.1 Å². The monoisotopic (exact) mass is 521 g/mol. The second-order valence-electron chi connectivity index (χ2n) is 8.64. The van der Waals surface area contributed by atoms with Gasteiger partial charge in [0, 0.05) is 31.1 Å². The predicted octanol–water partition coefficient (Wildman–Crippen LogP) is 4.45. The van der Waals surface area contributed by atoms with Crippen molar-refractivity contribution in [2.75, 3.05) is 23.7 Å². The van der Waals surface area contributed by atoms with Gasteiger partial charge in [0.25, 0.3) is 0 Å². The molecule has 0 radical (unpaired) electrons. The topological polar surface area (TPSA) is 86.8 Å². The molecule has 1 atom stereocenters. The summed E-state index contributed by atoms with van der Waals surface area (Å²) in [6, 6.07) is 12.1. The zero-order valence-electron chi connectivity index (χ0n) is 21.2. The van der Waals surface area contributed by atoms with Gasteiger partial charge in [-0.2, -0.15) is 0 Å². The van der Waals surface area contributed by atoms with Crippen molar-refractivity contribution >= 4 is 39.1 Å². The van der Waals surface area contributed by atoms with Crippen molar-refractivity contribution < 1.29 is 18.0 Å². The summed E-state index contributed by atoms with van der Waals surface area (Å²) in [5, 5.41) is 3.33. The van der Waals surface area contributed by atoms with E-state index < -0.39 is 16.1 Å². The number of anilines is 1. The number of likely N-dealkylation sites (N-methyl/N-ethyl adjacent to an activating group) is 1. The summed E-state index contributed by atoms with van der Waals surface area (Å²) < 4.78 is 26.3. The smallest absolute Gasteiger partial charge is 0.242 e. The molecule has 0 aliphatic carbocycles. The number of sulfonamides is 1. The first-order valence-electron chi connectivity index (χ1n) is 11.8. The third-order valence-corrected chi connectivity index (χ3v) is 7.53. The van der Waals surface area contributed by atoms with E-state index in [1.54, 1.807) is 17.0 Å². The molecule has 0 aliphatic heterocycles. The van der Waals surface area contributed by atoms with Crippen LogP contribution in [0.1, 0.15) is 49.8 Å². The van der Waals surface area contributed by atoms with Crippen LogP contribution in [0.5, 0.6) is 0 Å². The minimum atomic E-state index is -3.53. The first-order chi connectivity index (χ1) is 16.5. The fourth-order valence-electron chi connectivity index (χ4n) is 3.91. The Bertz CT molecular complexity index is 1140. The van der Waals surface area contributed by atoms with Gasteiger partial charge in [0.2, 0.25) is 21.8 Å². The van der Waals surface area contributed by atoms with Gasteiger partial charge in [-0.15, -0.1) is 0 Å². The van der Waals surface area contributed by atoms with Crippen molar-refractivity contribution in [2.45, 2.75) is 59.5 Å². The van der Waals surface area contributed by atoms with Crippen molar-refractivity contribution in [3.05, 3.63) is 64.2 Å². The van der Waals surface area contributed by atoms with Gasteiger partial charge in [0.1, 0.15) is 6.04 Å². The summed E-state index contributed by atoms with van der Waals surface area (Å²) in [7, 11) is -3.53. The van der Waals surface area contributed by atoms with E-state index in [1.807, 2.05) is 58.0 Å². The van der Waals surface area contributed by atoms with Crippen LogP contribution in [0.2, 0.25) is 5.02 Å². The number of hydrogen-bond acceptors (Lipinski definition) is 4. The van der Waals surface area contributed by atoms with Crippen LogP contribution in [-0.4, -0.2) is 50.5 Å². The molecule has 9 heteroatoms. The SMILES string of the molecule is CCNC(=O)C(CC)N(Cc1ccccc1Cl)C(=O)CCCN(c1ccc(C)c(C)c1)S(C)(=O)=O. The summed E-state index contributed by atoms with van der Waals surface area (Å²) in [5.74, 6) is -0.445. The molecule has 2 rings (SSSR count). The lowest BCUT2D eigenvalue weighted by atomic mass is 10.1. The van der Waals surface area contributed by atoms with Crippen LogP contribution < -0.4 is 9.62 Å². The molecule has 0 aromatic heterocycles. The van der Waals surface area contributed by atoms with E-state index in [1.165, 1.54) is 4.31 Å². The Morgan fingerprint density at radius 3 is 2.31 bits per heavy atom. The van der Waals surface area contributed by atoms with Crippen LogP contribution in [0.3, 0.4) is 0 Å². The largest absolute Gasteiger partial charge is 0.355 e. The van der Waals surface area contributed by atoms with E-state index in [4.69, 9.17) is 11.6 Å². The average molecular weight is 522 g/mol. The lowest BCUT2D eigenvalue weighted by molar-refractivity contribution is -0.141. The molecule has 0 saturated heterocycles. The van der Waals surface area contributed by atoms with Crippen molar-refractivity contribution in [3.8, 4) is 0 Å². The summed E-state index contributed by atoms with van der Waals surface area (Å²) >= 11 is 6.34. The van der Waals surface area contributed by atoms with Crippen molar-refractivity contribution in [1.29, 1.82) is 0 Å². The Morgan fingerprint density at radius 1 is 1.06 bits per heavy atom. The fraction of sp³-hybridized carbons (Fsp3) is 0.462. The number of amides is 2. The molecule has 7 nitrogen and oxygen atoms in total. The van der Waals surface area contributed by atoms with Gasteiger partial charge in [-0.3, -0.25) is 13.9 Å². The number of carbonyl (C=O) groups excluding carboxylic acids is 2. The van der Waals surface area contributed by atoms with E-state index in [9.17, 15) is 18.0 Å². The lowest BCUT2D eigenvalue weighted by Gasteiger charge is -2.31. The standard InChI is InChI=1S/C26H36ClN3O4S/c1-6-24(26(32)28-7-2)29(18-21-11-8-9-12-23(21)27)25(31)13-10-16-30(35(5,33)34)22-15-14-19(3)20(4)17-22/h8-9,11-12,14-15,17,24H,6-7,10,13,16,18H2,1-5H3,(H,28,32). The highest BCUT2D eigenvalue weighted by Gasteiger charge is 2.29. The molecule has 0 bridgehead atoms. The van der Waals surface area contributed by atoms with Crippen LogP contribution in [-0.2, 0) is 26.2 Å². The number of benzene rings is 2. The molecular weight excluding hydrogens is 486 g/mol. The van der Waals surface area contributed by atoms with Crippen molar-refractivity contribution in [2.24, 2.45) is 0 Å². The van der Waals surface area contributed by atoms with E-state index >= 15 is 0 Å². The molecule has 0 saturated carbocycles. The zero-order chi connectivity index (χ0) is 26.2. The van der Waals surface area contributed by atoms with Crippen LogP contribution >= 0.6 is 11.6 Å². The maximum atomic E-state index is 13.4. The molecule has 2 aromatic rings. The number of halogens is 1. The van der Waals surface area contributed by atoms with E-state index in [2.05, 4.69) is 5.32 Å².